The summed E-state index contributed by atoms with van der Waals surface area (Å²) in [5.41, 5.74) is 2.51. The number of carbonyl (C=O) groups is 1. The molecule has 3 aliphatic rings. The summed E-state index contributed by atoms with van der Waals surface area (Å²) in [4.78, 5) is 17.7. The van der Waals surface area contributed by atoms with Gasteiger partial charge in [-0.15, -0.1) is 0 Å². The van der Waals surface area contributed by atoms with E-state index in [0.717, 1.165) is 24.1 Å². The molecule has 4 nitrogen and oxygen atoms in total. The third kappa shape index (κ3) is 2.38. The molecule has 0 N–H and O–H groups in total. The number of fused-ring (bicyclic) bond motifs is 1. The molecule has 0 amide bonds. The van der Waals surface area contributed by atoms with E-state index in [1.807, 2.05) is 30.3 Å². The molecule has 2 atom stereocenters. The maximum absolute atomic E-state index is 12.7. The summed E-state index contributed by atoms with van der Waals surface area (Å²) in [5.74, 6) is -0.466. The summed E-state index contributed by atoms with van der Waals surface area (Å²) in [6.07, 6.45) is 3.47. The fourth-order valence-electron chi connectivity index (χ4n) is 4.10. The second-order valence-electron chi connectivity index (χ2n) is 6.52. The van der Waals surface area contributed by atoms with Crippen LogP contribution in [-0.2, 0) is 14.6 Å². The van der Waals surface area contributed by atoms with E-state index in [0.29, 0.717) is 29.9 Å². The molecule has 0 aromatic heterocycles. The van der Waals surface area contributed by atoms with E-state index in [2.05, 4.69) is 4.99 Å². The maximum atomic E-state index is 12.7. The Morgan fingerprint density at radius 2 is 1.74 bits per heavy atom. The predicted molar refractivity (Wildman–Crippen MR) is 89.0 cm³/mol. The van der Waals surface area contributed by atoms with Crippen LogP contribution >= 0.6 is 0 Å². The number of hydrogen-bond donors (Lipinski definition) is 0. The largest absolute Gasteiger partial charge is 0.299 e. The van der Waals surface area contributed by atoms with Crippen LogP contribution in [0.5, 0.6) is 0 Å². The fraction of sp³-hybridized carbons (Fsp3) is 0.444. The van der Waals surface area contributed by atoms with Gasteiger partial charge in [0.1, 0.15) is 5.78 Å². The van der Waals surface area contributed by atoms with Gasteiger partial charge in [-0.2, -0.15) is 0 Å². The SMILES string of the molecule is O=C1CCCC2=NC3=C(C(c4ccccc4)C12)S(=O)(=O)CCC3. The van der Waals surface area contributed by atoms with Crippen molar-refractivity contribution >= 4 is 21.3 Å². The zero-order valence-electron chi connectivity index (χ0n) is 12.9. The van der Waals surface area contributed by atoms with Crippen molar-refractivity contribution in [1.29, 1.82) is 0 Å². The number of benzene rings is 1. The lowest BCUT2D eigenvalue weighted by Gasteiger charge is -2.38. The van der Waals surface area contributed by atoms with Crippen LogP contribution in [0.15, 0.2) is 45.9 Å². The van der Waals surface area contributed by atoms with Crippen LogP contribution in [0.1, 0.15) is 43.6 Å². The number of sulfone groups is 1. The monoisotopic (exact) mass is 329 g/mol. The Kier molecular flexibility index (Phi) is 3.48. The minimum Gasteiger partial charge on any atom is -0.299 e. The Bertz CT molecular complexity index is 821. The van der Waals surface area contributed by atoms with Gasteiger partial charge in [-0.3, -0.25) is 9.79 Å². The van der Waals surface area contributed by atoms with E-state index < -0.39 is 15.8 Å². The highest BCUT2D eigenvalue weighted by Gasteiger charge is 2.46. The van der Waals surface area contributed by atoms with Crippen LogP contribution in [-0.4, -0.2) is 25.7 Å². The van der Waals surface area contributed by atoms with E-state index in [1.165, 1.54) is 0 Å². The van der Waals surface area contributed by atoms with Gasteiger partial charge in [-0.25, -0.2) is 8.42 Å². The first-order valence-electron chi connectivity index (χ1n) is 8.19. The van der Waals surface area contributed by atoms with Crippen LogP contribution in [0, 0.1) is 5.92 Å². The first kappa shape index (κ1) is 14.8. The average Bonchev–Trinajstić information content (AvgIpc) is 2.54. The van der Waals surface area contributed by atoms with Crippen LogP contribution in [0.2, 0.25) is 0 Å². The molecule has 1 aromatic carbocycles. The van der Waals surface area contributed by atoms with E-state index >= 15 is 0 Å². The lowest BCUT2D eigenvalue weighted by Crippen LogP contribution is -2.40. The summed E-state index contributed by atoms with van der Waals surface area (Å²) < 4.78 is 25.5. The van der Waals surface area contributed by atoms with Crippen molar-refractivity contribution in [1.82, 2.24) is 0 Å². The molecular weight excluding hydrogens is 310 g/mol. The standard InChI is InChI=1S/C18H19NO3S/c20-15-10-4-8-13-17(15)16(12-6-2-1-3-7-12)18-14(19-13)9-5-11-23(18,21)22/h1-3,6-7,16-17H,4-5,8-11H2. The normalized spacial score (nSPS) is 29.6. The van der Waals surface area contributed by atoms with E-state index in [9.17, 15) is 13.2 Å². The second-order valence-corrected chi connectivity index (χ2v) is 8.60. The van der Waals surface area contributed by atoms with Crippen molar-refractivity contribution in [3.63, 3.8) is 0 Å². The lowest BCUT2D eigenvalue weighted by molar-refractivity contribution is -0.121. The average molecular weight is 329 g/mol. The van der Waals surface area contributed by atoms with Crippen molar-refractivity contribution < 1.29 is 13.2 Å². The van der Waals surface area contributed by atoms with Gasteiger partial charge in [-0.05, 0) is 31.2 Å². The molecule has 1 aromatic rings. The Morgan fingerprint density at radius 1 is 0.957 bits per heavy atom. The Labute approximate surface area is 136 Å². The summed E-state index contributed by atoms with van der Waals surface area (Å²) in [5, 5.41) is 0. The molecule has 2 aliphatic heterocycles. The Hall–Kier alpha value is -1.75. The van der Waals surface area contributed by atoms with Crippen molar-refractivity contribution in [2.45, 2.75) is 38.0 Å². The van der Waals surface area contributed by atoms with Gasteiger partial charge in [0.05, 0.1) is 22.3 Å². The predicted octanol–water partition coefficient (Wildman–Crippen LogP) is 3.01. The summed E-state index contributed by atoms with van der Waals surface area (Å²) in [7, 11) is -3.33. The van der Waals surface area contributed by atoms with E-state index in [4.69, 9.17) is 0 Å². The number of Topliss-reactive ketones (excluding diaryl/α,β-unsaturated/α-hetero) is 1. The first-order valence-corrected chi connectivity index (χ1v) is 9.84. The molecule has 0 radical (unpaired) electrons. The smallest absolute Gasteiger partial charge is 0.177 e. The van der Waals surface area contributed by atoms with Crippen molar-refractivity contribution in [2.75, 3.05) is 5.75 Å². The number of hydrogen-bond acceptors (Lipinski definition) is 4. The topological polar surface area (TPSA) is 63.6 Å². The number of nitrogens with zero attached hydrogens (tertiary/aromatic N) is 1. The fourth-order valence-corrected chi connectivity index (χ4v) is 6.01. The number of ketones is 1. The van der Waals surface area contributed by atoms with Gasteiger partial charge in [0.25, 0.3) is 0 Å². The number of carbonyl (C=O) groups excluding carboxylic acids is 1. The quantitative estimate of drug-likeness (QED) is 0.795. The zero-order valence-corrected chi connectivity index (χ0v) is 13.7. The highest BCUT2D eigenvalue weighted by Crippen LogP contribution is 2.47. The first-order chi connectivity index (χ1) is 11.1. The molecule has 1 aliphatic carbocycles. The van der Waals surface area contributed by atoms with Gasteiger partial charge < -0.3 is 0 Å². The van der Waals surface area contributed by atoms with Crippen LogP contribution in [0.3, 0.4) is 0 Å². The molecule has 1 fully saturated rings. The van der Waals surface area contributed by atoms with Gasteiger partial charge in [0.15, 0.2) is 9.84 Å². The second kappa shape index (κ2) is 5.41. The van der Waals surface area contributed by atoms with Crippen molar-refractivity contribution in [2.24, 2.45) is 10.9 Å². The third-order valence-electron chi connectivity index (χ3n) is 5.06. The van der Waals surface area contributed by atoms with Gasteiger partial charge >= 0.3 is 0 Å². The zero-order chi connectivity index (χ0) is 16.0. The van der Waals surface area contributed by atoms with Crippen LogP contribution in [0.25, 0.3) is 0 Å². The van der Waals surface area contributed by atoms with E-state index in [-0.39, 0.29) is 17.5 Å². The summed E-state index contributed by atoms with van der Waals surface area (Å²) >= 11 is 0. The maximum Gasteiger partial charge on any atom is 0.177 e. The highest BCUT2D eigenvalue weighted by atomic mass is 32.2. The molecule has 0 saturated heterocycles. The van der Waals surface area contributed by atoms with E-state index in [1.54, 1.807) is 0 Å². The number of aliphatic imine (C=N–C) groups is 1. The van der Waals surface area contributed by atoms with Crippen molar-refractivity contribution in [3.05, 3.63) is 46.5 Å². The van der Waals surface area contributed by atoms with Crippen molar-refractivity contribution in [3.8, 4) is 0 Å². The molecule has 4 rings (SSSR count). The van der Waals surface area contributed by atoms with Gasteiger partial charge in [0, 0.05) is 18.1 Å². The summed E-state index contributed by atoms with van der Waals surface area (Å²) in [6, 6.07) is 9.59. The molecule has 2 heterocycles. The highest BCUT2D eigenvalue weighted by molar-refractivity contribution is 7.95. The molecule has 2 unspecified atom stereocenters. The Balaban J connectivity index is 1.96. The van der Waals surface area contributed by atoms with Crippen LogP contribution in [0.4, 0.5) is 0 Å². The molecule has 23 heavy (non-hydrogen) atoms. The van der Waals surface area contributed by atoms with Gasteiger partial charge in [0.2, 0.25) is 0 Å². The molecule has 0 bridgehead atoms. The van der Waals surface area contributed by atoms with Gasteiger partial charge in [-0.1, -0.05) is 30.3 Å². The lowest BCUT2D eigenvalue weighted by atomic mass is 9.72. The number of rotatable bonds is 1. The third-order valence-corrected chi connectivity index (χ3v) is 7.05. The number of allylic oxidation sites excluding steroid dienone is 2. The molecule has 120 valence electrons. The Morgan fingerprint density at radius 3 is 2.52 bits per heavy atom. The molecule has 0 spiro atoms. The summed E-state index contributed by atoms with van der Waals surface area (Å²) in [6.45, 7) is 0. The molecule has 5 heteroatoms. The van der Waals surface area contributed by atoms with Crippen LogP contribution < -0.4 is 0 Å². The minimum absolute atomic E-state index is 0.135. The molecular formula is C18H19NO3S. The molecule has 1 saturated carbocycles. The minimum atomic E-state index is -3.33.